The summed E-state index contributed by atoms with van der Waals surface area (Å²) in [6.45, 7) is 2.43. The van der Waals surface area contributed by atoms with Gasteiger partial charge in [-0.15, -0.1) is 0 Å². The Morgan fingerprint density at radius 3 is 2.70 bits per heavy atom. The Labute approximate surface area is 60.3 Å². The maximum Gasteiger partial charge on any atom is 0.338 e. The van der Waals surface area contributed by atoms with Gasteiger partial charge in [-0.05, 0) is 6.42 Å². The van der Waals surface area contributed by atoms with Gasteiger partial charge in [0.15, 0.2) is 5.60 Å². The van der Waals surface area contributed by atoms with E-state index in [1.807, 2.05) is 6.92 Å². The van der Waals surface area contributed by atoms with Gasteiger partial charge in [0.25, 0.3) is 0 Å². The van der Waals surface area contributed by atoms with E-state index in [2.05, 4.69) is 0 Å². The van der Waals surface area contributed by atoms with E-state index in [0.717, 1.165) is 0 Å². The Balaban J connectivity index is 2.71. The highest BCUT2D eigenvalue weighted by Crippen LogP contribution is 2.26. The molecule has 0 radical (unpaired) electrons. The molecule has 1 heterocycles. The maximum atomic E-state index is 11.0. The smallest absolute Gasteiger partial charge is 0.338 e. The highest BCUT2D eigenvalue weighted by atomic mass is 16.6. The lowest BCUT2D eigenvalue weighted by molar-refractivity contribution is -0.156. The van der Waals surface area contributed by atoms with Crippen LogP contribution >= 0.6 is 0 Å². The number of ether oxygens (including phenoxy) is 2. The molecule has 1 aliphatic heterocycles. The molecular formula is C7H12O3. The van der Waals surface area contributed by atoms with Crippen molar-refractivity contribution in [3.63, 3.8) is 0 Å². The lowest BCUT2D eigenvalue weighted by atomic mass is 9.99. The van der Waals surface area contributed by atoms with Crippen molar-refractivity contribution in [1.82, 2.24) is 0 Å². The van der Waals surface area contributed by atoms with E-state index >= 15 is 0 Å². The van der Waals surface area contributed by atoms with Crippen molar-refractivity contribution in [2.24, 2.45) is 0 Å². The molecular weight excluding hydrogens is 132 g/mol. The number of hydrogen-bond donors (Lipinski definition) is 0. The van der Waals surface area contributed by atoms with Crippen LogP contribution in [0.2, 0.25) is 0 Å². The van der Waals surface area contributed by atoms with Crippen molar-refractivity contribution < 1.29 is 14.3 Å². The number of carbonyl (C=O) groups excluding carboxylic acids is 1. The molecule has 0 amide bonds. The minimum Gasteiger partial charge on any atom is -0.463 e. The van der Waals surface area contributed by atoms with Crippen molar-refractivity contribution in [2.45, 2.75) is 25.4 Å². The summed E-state index contributed by atoms with van der Waals surface area (Å²) in [5, 5.41) is 0. The summed E-state index contributed by atoms with van der Waals surface area (Å²) in [4.78, 5) is 11.0. The highest BCUT2D eigenvalue weighted by Gasteiger charge is 2.43. The van der Waals surface area contributed by atoms with E-state index < -0.39 is 5.60 Å². The SMILES string of the molecule is CCC1(OC)CCOC1=O. The van der Waals surface area contributed by atoms with Gasteiger partial charge in [-0.3, -0.25) is 0 Å². The zero-order chi connectivity index (χ0) is 7.61. The van der Waals surface area contributed by atoms with Crippen LogP contribution in [0, 0.1) is 0 Å². The normalized spacial score (nSPS) is 32.4. The third-order valence-electron chi connectivity index (χ3n) is 2.07. The van der Waals surface area contributed by atoms with Gasteiger partial charge in [0.05, 0.1) is 6.61 Å². The van der Waals surface area contributed by atoms with Crippen LogP contribution in [0.4, 0.5) is 0 Å². The second kappa shape index (κ2) is 2.58. The van der Waals surface area contributed by atoms with Crippen LogP contribution in [-0.2, 0) is 14.3 Å². The van der Waals surface area contributed by atoms with E-state index in [1.54, 1.807) is 7.11 Å². The van der Waals surface area contributed by atoms with Gasteiger partial charge in [-0.25, -0.2) is 4.79 Å². The molecule has 0 spiro atoms. The fourth-order valence-electron chi connectivity index (χ4n) is 1.19. The molecule has 1 saturated heterocycles. The molecule has 1 atom stereocenters. The molecule has 0 saturated carbocycles. The summed E-state index contributed by atoms with van der Waals surface area (Å²) < 4.78 is 9.87. The predicted octanol–water partition coefficient (Wildman–Crippen LogP) is 0.728. The quantitative estimate of drug-likeness (QED) is 0.536. The zero-order valence-corrected chi connectivity index (χ0v) is 6.35. The first-order valence-corrected chi connectivity index (χ1v) is 3.47. The average molecular weight is 144 g/mol. The van der Waals surface area contributed by atoms with E-state index in [9.17, 15) is 4.79 Å². The molecule has 0 aromatic carbocycles. The van der Waals surface area contributed by atoms with E-state index in [4.69, 9.17) is 9.47 Å². The molecule has 0 aromatic heterocycles. The van der Waals surface area contributed by atoms with Crippen LogP contribution in [0.3, 0.4) is 0 Å². The van der Waals surface area contributed by atoms with Crippen LogP contribution < -0.4 is 0 Å². The lowest BCUT2D eigenvalue weighted by Gasteiger charge is -2.19. The number of esters is 1. The molecule has 1 aliphatic rings. The third-order valence-corrected chi connectivity index (χ3v) is 2.07. The molecule has 1 rings (SSSR count). The predicted molar refractivity (Wildman–Crippen MR) is 35.6 cm³/mol. The van der Waals surface area contributed by atoms with E-state index in [-0.39, 0.29) is 5.97 Å². The summed E-state index contributed by atoms with van der Waals surface area (Å²) in [7, 11) is 1.55. The van der Waals surface area contributed by atoms with Gasteiger partial charge in [-0.1, -0.05) is 6.92 Å². The molecule has 0 bridgehead atoms. The fourth-order valence-corrected chi connectivity index (χ4v) is 1.19. The minimum absolute atomic E-state index is 0.211. The van der Waals surface area contributed by atoms with Crippen LogP contribution in [-0.4, -0.2) is 25.3 Å². The zero-order valence-electron chi connectivity index (χ0n) is 6.35. The van der Waals surface area contributed by atoms with E-state index in [0.29, 0.717) is 19.4 Å². The molecule has 3 nitrogen and oxygen atoms in total. The fraction of sp³-hybridized carbons (Fsp3) is 0.857. The molecule has 1 unspecified atom stereocenters. The van der Waals surface area contributed by atoms with Crippen LogP contribution in [0.1, 0.15) is 19.8 Å². The second-order valence-corrected chi connectivity index (χ2v) is 2.44. The second-order valence-electron chi connectivity index (χ2n) is 2.44. The lowest BCUT2D eigenvalue weighted by Crippen LogP contribution is -2.35. The Morgan fingerprint density at radius 1 is 1.80 bits per heavy atom. The van der Waals surface area contributed by atoms with Crippen LogP contribution in [0.5, 0.6) is 0 Å². The first kappa shape index (κ1) is 7.54. The summed E-state index contributed by atoms with van der Waals surface area (Å²) >= 11 is 0. The monoisotopic (exact) mass is 144 g/mol. The summed E-state index contributed by atoms with van der Waals surface area (Å²) in [6.07, 6.45) is 1.39. The number of carbonyl (C=O) groups is 1. The molecule has 58 valence electrons. The van der Waals surface area contributed by atoms with Crippen molar-refractivity contribution in [3.05, 3.63) is 0 Å². The first-order valence-electron chi connectivity index (χ1n) is 3.47. The largest absolute Gasteiger partial charge is 0.463 e. The average Bonchev–Trinajstić information content (AvgIpc) is 2.32. The standard InChI is InChI=1S/C7H12O3/c1-3-7(9-2)4-5-10-6(7)8/h3-5H2,1-2H3. The third kappa shape index (κ3) is 0.904. The molecule has 0 aliphatic carbocycles. The summed E-state index contributed by atoms with van der Waals surface area (Å²) in [5.41, 5.74) is -0.625. The molecule has 0 aromatic rings. The number of cyclic esters (lactones) is 1. The van der Waals surface area contributed by atoms with Gasteiger partial charge < -0.3 is 9.47 Å². The van der Waals surface area contributed by atoms with Gasteiger partial charge in [0.2, 0.25) is 0 Å². The summed E-state index contributed by atoms with van der Waals surface area (Å²) in [5.74, 6) is -0.211. The molecule has 10 heavy (non-hydrogen) atoms. The molecule has 1 fully saturated rings. The van der Waals surface area contributed by atoms with Gasteiger partial charge in [-0.2, -0.15) is 0 Å². The van der Waals surface area contributed by atoms with Crippen molar-refractivity contribution in [2.75, 3.05) is 13.7 Å². The topological polar surface area (TPSA) is 35.5 Å². The Morgan fingerprint density at radius 2 is 2.50 bits per heavy atom. The van der Waals surface area contributed by atoms with Gasteiger partial charge in [0, 0.05) is 13.5 Å². The van der Waals surface area contributed by atoms with Crippen molar-refractivity contribution >= 4 is 5.97 Å². The molecule has 3 heteroatoms. The van der Waals surface area contributed by atoms with Gasteiger partial charge in [0.1, 0.15) is 0 Å². The first-order chi connectivity index (χ1) is 4.75. The Hall–Kier alpha value is -0.570. The van der Waals surface area contributed by atoms with E-state index in [1.165, 1.54) is 0 Å². The number of hydrogen-bond acceptors (Lipinski definition) is 3. The maximum absolute atomic E-state index is 11.0. The highest BCUT2D eigenvalue weighted by molar-refractivity contribution is 5.81. The van der Waals surface area contributed by atoms with Gasteiger partial charge >= 0.3 is 5.97 Å². The summed E-state index contributed by atoms with van der Waals surface area (Å²) in [6, 6.07) is 0. The van der Waals surface area contributed by atoms with Crippen molar-refractivity contribution in [1.29, 1.82) is 0 Å². The number of methoxy groups -OCH3 is 1. The van der Waals surface area contributed by atoms with Crippen molar-refractivity contribution in [3.8, 4) is 0 Å². The van der Waals surface area contributed by atoms with Crippen LogP contribution in [0.15, 0.2) is 0 Å². The Kier molecular flexibility index (Phi) is 1.94. The Bertz CT molecular complexity index is 138. The minimum atomic E-state index is -0.625. The number of rotatable bonds is 2. The molecule has 0 N–H and O–H groups in total. The van der Waals surface area contributed by atoms with Crippen LogP contribution in [0.25, 0.3) is 0 Å².